The monoisotopic (exact) mass is 300 g/mol. The zero-order chi connectivity index (χ0) is 16.5. The molecular formula is C17H20N2O3. The van der Waals surface area contributed by atoms with Crippen molar-refractivity contribution in [3.63, 3.8) is 0 Å². The average molecular weight is 300 g/mol. The van der Waals surface area contributed by atoms with Crippen molar-refractivity contribution in [3.8, 4) is 6.07 Å². The third-order valence-corrected chi connectivity index (χ3v) is 3.17. The molecule has 0 saturated carbocycles. The summed E-state index contributed by atoms with van der Waals surface area (Å²) in [6.45, 7) is 6.40. The molecule has 116 valence electrons. The van der Waals surface area contributed by atoms with Crippen LogP contribution in [-0.4, -0.2) is 36.5 Å². The van der Waals surface area contributed by atoms with E-state index in [1.807, 2.05) is 39.0 Å². The van der Waals surface area contributed by atoms with Crippen molar-refractivity contribution in [2.45, 2.75) is 20.8 Å². The molecule has 0 N–H and O–H groups in total. The second-order valence-corrected chi connectivity index (χ2v) is 4.72. The van der Waals surface area contributed by atoms with Crippen molar-refractivity contribution in [1.29, 1.82) is 5.26 Å². The Morgan fingerprint density at radius 2 is 1.82 bits per heavy atom. The highest BCUT2D eigenvalue weighted by molar-refractivity contribution is 5.98. The fourth-order valence-corrected chi connectivity index (χ4v) is 1.84. The lowest BCUT2D eigenvalue weighted by Crippen LogP contribution is -2.34. The zero-order valence-corrected chi connectivity index (χ0v) is 13.1. The van der Waals surface area contributed by atoms with Gasteiger partial charge in [-0.1, -0.05) is 29.8 Å². The van der Waals surface area contributed by atoms with Gasteiger partial charge in [0.05, 0.1) is 0 Å². The van der Waals surface area contributed by atoms with Crippen molar-refractivity contribution >= 4 is 18.0 Å². The molecule has 1 rings (SSSR count). The quantitative estimate of drug-likeness (QED) is 0.459. The lowest BCUT2D eigenvalue weighted by molar-refractivity contribution is -0.148. The van der Waals surface area contributed by atoms with E-state index in [0.29, 0.717) is 13.1 Å². The maximum atomic E-state index is 11.9. The number of benzene rings is 1. The maximum Gasteiger partial charge on any atom is 0.349 e. The van der Waals surface area contributed by atoms with Crippen molar-refractivity contribution in [2.24, 2.45) is 0 Å². The predicted molar refractivity (Wildman–Crippen MR) is 83.7 cm³/mol. The van der Waals surface area contributed by atoms with Crippen LogP contribution in [0.3, 0.4) is 0 Å². The van der Waals surface area contributed by atoms with Crippen molar-refractivity contribution < 1.29 is 14.3 Å². The van der Waals surface area contributed by atoms with E-state index in [-0.39, 0.29) is 18.1 Å². The molecule has 0 spiro atoms. The van der Waals surface area contributed by atoms with Crippen LogP contribution in [0.4, 0.5) is 0 Å². The van der Waals surface area contributed by atoms with Gasteiger partial charge in [-0.15, -0.1) is 0 Å². The highest BCUT2D eigenvalue weighted by Gasteiger charge is 2.15. The molecule has 1 aromatic carbocycles. The Balaban J connectivity index is 2.71. The number of nitrogens with zero attached hydrogens (tertiary/aromatic N) is 2. The Morgan fingerprint density at radius 3 is 2.32 bits per heavy atom. The number of ether oxygens (including phenoxy) is 1. The number of carbonyl (C=O) groups excluding carboxylic acids is 2. The number of hydrogen-bond donors (Lipinski definition) is 0. The molecule has 0 aliphatic heterocycles. The predicted octanol–water partition coefficient (Wildman–Crippen LogP) is 2.31. The Morgan fingerprint density at radius 1 is 1.23 bits per heavy atom. The summed E-state index contributed by atoms with van der Waals surface area (Å²) in [6.07, 6.45) is 1.45. The Labute approximate surface area is 130 Å². The van der Waals surface area contributed by atoms with Gasteiger partial charge < -0.3 is 9.64 Å². The van der Waals surface area contributed by atoms with Gasteiger partial charge in [0, 0.05) is 13.1 Å². The van der Waals surface area contributed by atoms with Gasteiger partial charge in [-0.25, -0.2) is 4.79 Å². The fourth-order valence-electron chi connectivity index (χ4n) is 1.84. The lowest BCUT2D eigenvalue weighted by Gasteiger charge is -2.18. The first-order valence-electron chi connectivity index (χ1n) is 7.15. The third-order valence-electron chi connectivity index (χ3n) is 3.17. The van der Waals surface area contributed by atoms with E-state index in [2.05, 4.69) is 0 Å². The third kappa shape index (κ3) is 5.06. The zero-order valence-electron chi connectivity index (χ0n) is 13.1. The number of aryl methyl sites for hydroxylation is 1. The van der Waals surface area contributed by atoms with Gasteiger partial charge in [0.25, 0.3) is 5.91 Å². The summed E-state index contributed by atoms with van der Waals surface area (Å²) in [5.41, 5.74) is 1.69. The number of esters is 1. The second-order valence-electron chi connectivity index (χ2n) is 4.72. The summed E-state index contributed by atoms with van der Waals surface area (Å²) in [5.74, 6) is -1.06. The van der Waals surface area contributed by atoms with Crippen LogP contribution < -0.4 is 0 Å². The van der Waals surface area contributed by atoms with Crippen LogP contribution in [-0.2, 0) is 14.3 Å². The van der Waals surface area contributed by atoms with Gasteiger partial charge in [-0.3, -0.25) is 4.79 Å². The molecule has 1 aromatic rings. The van der Waals surface area contributed by atoms with Gasteiger partial charge in [-0.05, 0) is 32.4 Å². The molecule has 22 heavy (non-hydrogen) atoms. The largest absolute Gasteiger partial charge is 0.451 e. The van der Waals surface area contributed by atoms with Gasteiger partial charge in [0.2, 0.25) is 0 Å². The van der Waals surface area contributed by atoms with E-state index in [4.69, 9.17) is 10.00 Å². The van der Waals surface area contributed by atoms with Gasteiger partial charge in [0.15, 0.2) is 6.61 Å². The summed E-state index contributed by atoms with van der Waals surface area (Å²) in [7, 11) is 0. The Bertz CT molecular complexity index is 593. The molecule has 0 aromatic heterocycles. The molecule has 0 heterocycles. The molecule has 0 radical (unpaired) electrons. The number of nitriles is 1. The molecular weight excluding hydrogens is 280 g/mol. The molecule has 5 heteroatoms. The molecule has 0 atom stereocenters. The van der Waals surface area contributed by atoms with E-state index in [1.165, 1.54) is 6.08 Å². The molecule has 0 fully saturated rings. The van der Waals surface area contributed by atoms with Crippen LogP contribution in [0.15, 0.2) is 29.8 Å². The minimum Gasteiger partial charge on any atom is -0.451 e. The summed E-state index contributed by atoms with van der Waals surface area (Å²) >= 11 is 0. The van der Waals surface area contributed by atoms with Gasteiger partial charge >= 0.3 is 5.97 Å². The number of hydrogen-bond acceptors (Lipinski definition) is 4. The second kappa shape index (κ2) is 8.63. The molecule has 0 bridgehead atoms. The summed E-state index contributed by atoms with van der Waals surface area (Å²) < 4.78 is 4.92. The summed E-state index contributed by atoms with van der Waals surface area (Å²) in [5, 5.41) is 9.06. The van der Waals surface area contributed by atoms with Crippen molar-refractivity contribution in [3.05, 3.63) is 41.0 Å². The van der Waals surface area contributed by atoms with E-state index in [9.17, 15) is 9.59 Å². The smallest absolute Gasteiger partial charge is 0.349 e. The van der Waals surface area contributed by atoms with Gasteiger partial charge in [0.1, 0.15) is 11.6 Å². The fraction of sp³-hybridized carbons (Fsp3) is 0.353. The summed E-state index contributed by atoms with van der Waals surface area (Å²) in [6, 6.07) is 9.19. The number of likely N-dealkylation sites (N-methyl/N-ethyl adjacent to an activating group) is 1. The Kier molecular flexibility index (Phi) is 6.84. The minimum atomic E-state index is -0.788. The lowest BCUT2D eigenvalue weighted by atomic mass is 10.1. The highest BCUT2D eigenvalue weighted by Crippen LogP contribution is 2.09. The molecule has 0 aliphatic carbocycles. The number of rotatable bonds is 6. The highest BCUT2D eigenvalue weighted by atomic mass is 16.5. The SMILES string of the molecule is CCN(CC)C(=O)COC(=O)/C(C#N)=C/c1ccc(C)cc1. The van der Waals surface area contributed by atoms with Crippen LogP contribution in [0, 0.1) is 18.3 Å². The van der Waals surface area contributed by atoms with Crippen molar-refractivity contribution in [2.75, 3.05) is 19.7 Å². The standard InChI is InChI=1S/C17H20N2O3/c1-4-19(5-2)16(20)12-22-17(21)15(11-18)10-14-8-6-13(3)7-9-14/h6-10H,4-5,12H2,1-3H3/b15-10+. The van der Waals surface area contributed by atoms with E-state index < -0.39 is 5.97 Å². The molecule has 5 nitrogen and oxygen atoms in total. The van der Waals surface area contributed by atoms with Crippen LogP contribution in [0.25, 0.3) is 6.08 Å². The topological polar surface area (TPSA) is 70.4 Å². The minimum absolute atomic E-state index is 0.129. The van der Waals surface area contributed by atoms with Crippen LogP contribution in [0.2, 0.25) is 0 Å². The number of amides is 1. The molecule has 0 saturated heterocycles. The normalized spacial score (nSPS) is 10.7. The molecule has 0 unspecified atom stereocenters. The van der Waals surface area contributed by atoms with E-state index in [0.717, 1.165) is 11.1 Å². The first-order valence-corrected chi connectivity index (χ1v) is 7.15. The van der Waals surface area contributed by atoms with Crippen LogP contribution in [0.5, 0.6) is 0 Å². The van der Waals surface area contributed by atoms with Gasteiger partial charge in [-0.2, -0.15) is 5.26 Å². The van der Waals surface area contributed by atoms with Crippen LogP contribution >= 0.6 is 0 Å². The molecule has 0 aliphatic rings. The first kappa shape index (κ1) is 17.4. The van der Waals surface area contributed by atoms with Crippen LogP contribution in [0.1, 0.15) is 25.0 Å². The average Bonchev–Trinajstić information content (AvgIpc) is 2.53. The Hall–Kier alpha value is -2.61. The van der Waals surface area contributed by atoms with E-state index >= 15 is 0 Å². The first-order chi connectivity index (χ1) is 10.5. The maximum absolute atomic E-state index is 11.9. The summed E-state index contributed by atoms with van der Waals surface area (Å²) in [4.78, 5) is 25.2. The van der Waals surface area contributed by atoms with Crippen molar-refractivity contribution in [1.82, 2.24) is 4.90 Å². The van der Waals surface area contributed by atoms with E-state index in [1.54, 1.807) is 17.0 Å². The molecule has 1 amide bonds. The number of carbonyl (C=O) groups is 2.